The molecule has 0 bridgehead atoms. The van der Waals surface area contributed by atoms with Gasteiger partial charge in [0.1, 0.15) is 5.75 Å². The third kappa shape index (κ3) is 4.34. The van der Waals surface area contributed by atoms with Crippen LogP contribution in [-0.4, -0.2) is 40.6 Å². The summed E-state index contributed by atoms with van der Waals surface area (Å²) >= 11 is 0. The maximum atomic E-state index is 12.2. The van der Waals surface area contributed by atoms with Crippen LogP contribution in [0.2, 0.25) is 0 Å². The normalized spacial score (nSPS) is 10.6. The van der Waals surface area contributed by atoms with Crippen LogP contribution in [0.5, 0.6) is 5.75 Å². The Morgan fingerprint density at radius 3 is 2.63 bits per heavy atom. The number of nitrogens with zero attached hydrogens (tertiary/aromatic N) is 3. The summed E-state index contributed by atoms with van der Waals surface area (Å²) in [5.74, 6) is 1.36. The Balaban J connectivity index is 1.81. The topological polar surface area (TPSA) is 68.5 Å². The minimum absolute atomic E-state index is 0.0302. The Hall–Kier alpha value is -3.15. The number of hydrogen-bond acceptors (Lipinski definition) is 5. The van der Waals surface area contributed by atoms with E-state index in [9.17, 15) is 4.79 Å². The SMILES string of the molecule is CCN(CC)C(=O)COc1ccccc1-c1nc(-c2cccc(C)c2)no1. The first-order valence-electron chi connectivity index (χ1n) is 9.03. The van der Waals surface area contributed by atoms with Crippen LogP contribution < -0.4 is 4.74 Å². The molecule has 140 valence electrons. The molecule has 0 aliphatic rings. The molecule has 0 spiro atoms. The van der Waals surface area contributed by atoms with Crippen molar-refractivity contribution in [1.29, 1.82) is 0 Å². The number of hydrogen-bond donors (Lipinski definition) is 0. The second kappa shape index (κ2) is 8.49. The van der Waals surface area contributed by atoms with Crippen molar-refractivity contribution >= 4 is 5.91 Å². The third-order valence-electron chi connectivity index (χ3n) is 4.29. The van der Waals surface area contributed by atoms with Gasteiger partial charge in [0, 0.05) is 18.7 Å². The zero-order chi connectivity index (χ0) is 19.2. The van der Waals surface area contributed by atoms with Gasteiger partial charge in [-0.3, -0.25) is 4.79 Å². The summed E-state index contributed by atoms with van der Waals surface area (Å²) in [7, 11) is 0. The van der Waals surface area contributed by atoms with Gasteiger partial charge in [-0.25, -0.2) is 0 Å². The number of para-hydroxylation sites is 1. The highest BCUT2D eigenvalue weighted by atomic mass is 16.5. The zero-order valence-electron chi connectivity index (χ0n) is 15.8. The summed E-state index contributed by atoms with van der Waals surface area (Å²) < 4.78 is 11.2. The molecule has 0 radical (unpaired) electrons. The first kappa shape index (κ1) is 18.6. The Morgan fingerprint density at radius 1 is 1.11 bits per heavy atom. The van der Waals surface area contributed by atoms with Gasteiger partial charge in [-0.2, -0.15) is 4.98 Å². The lowest BCUT2D eigenvalue weighted by Crippen LogP contribution is -2.34. The Labute approximate surface area is 158 Å². The molecule has 1 amide bonds. The summed E-state index contributed by atoms with van der Waals surface area (Å²) in [5, 5.41) is 4.08. The van der Waals surface area contributed by atoms with Crippen LogP contribution in [0.3, 0.4) is 0 Å². The van der Waals surface area contributed by atoms with Crippen molar-refractivity contribution in [2.24, 2.45) is 0 Å². The molecule has 0 unspecified atom stereocenters. The fourth-order valence-corrected chi connectivity index (χ4v) is 2.81. The second-order valence-corrected chi connectivity index (χ2v) is 6.14. The van der Waals surface area contributed by atoms with Gasteiger partial charge in [-0.05, 0) is 39.0 Å². The lowest BCUT2D eigenvalue weighted by molar-refractivity contribution is -0.132. The van der Waals surface area contributed by atoms with Crippen molar-refractivity contribution in [3.63, 3.8) is 0 Å². The molecule has 0 aliphatic heterocycles. The molecule has 6 nitrogen and oxygen atoms in total. The Kier molecular flexibility index (Phi) is 5.86. The van der Waals surface area contributed by atoms with Crippen LogP contribution in [0.1, 0.15) is 19.4 Å². The van der Waals surface area contributed by atoms with Crippen molar-refractivity contribution in [2.45, 2.75) is 20.8 Å². The molecule has 0 aliphatic carbocycles. The number of rotatable bonds is 7. The quantitative estimate of drug-likeness (QED) is 0.634. The summed E-state index contributed by atoms with van der Waals surface area (Å²) in [4.78, 5) is 18.4. The summed E-state index contributed by atoms with van der Waals surface area (Å²) in [6, 6.07) is 15.2. The van der Waals surface area contributed by atoms with Crippen LogP contribution in [0, 0.1) is 6.92 Å². The van der Waals surface area contributed by atoms with Gasteiger partial charge in [-0.15, -0.1) is 0 Å². The fourth-order valence-electron chi connectivity index (χ4n) is 2.81. The van der Waals surface area contributed by atoms with Gasteiger partial charge in [-0.1, -0.05) is 41.1 Å². The molecule has 0 N–H and O–H groups in total. The van der Waals surface area contributed by atoms with Crippen molar-refractivity contribution in [1.82, 2.24) is 15.0 Å². The number of benzene rings is 2. The van der Waals surface area contributed by atoms with Crippen molar-refractivity contribution < 1.29 is 14.1 Å². The van der Waals surface area contributed by atoms with Gasteiger partial charge in [0.15, 0.2) is 6.61 Å². The van der Waals surface area contributed by atoms with Crippen LogP contribution in [-0.2, 0) is 4.79 Å². The van der Waals surface area contributed by atoms with E-state index in [1.165, 1.54) is 0 Å². The third-order valence-corrected chi connectivity index (χ3v) is 4.29. The van der Waals surface area contributed by atoms with Gasteiger partial charge in [0.2, 0.25) is 5.82 Å². The molecule has 0 saturated carbocycles. The van der Waals surface area contributed by atoms with Gasteiger partial charge >= 0.3 is 0 Å². The van der Waals surface area contributed by atoms with Crippen molar-refractivity contribution in [2.75, 3.05) is 19.7 Å². The molecular formula is C21H23N3O3. The first-order valence-corrected chi connectivity index (χ1v) is 9.03. The minimum Gasteiger partial charge on any atom is -0.483 e. The van der Waals surface area contributed by atoms with E-state index < -0.39 is 0 Å². The van der Waals surface area contributed by atoms with E-state index in [0.717, 1.165) is 11.1 Å². The maximum Gasteiger partial charge on any atom is 0.262 e. The molecule has 6 heteroatoms. The highest BCUT2D eigenvalue weighted by molar-refractivity contribution is 5.78. The highest BCUT2D eigenvalue weighted by Crippen LogP contribution is 2.30. The average molecular weight is 365 g/mol. The number of aryl methyl sites for hydroxylation is 1. The van der Waals surface area contributed by atoms with Crippen LogP contribution in [0.25, 0.3) is 22.8 Å². The van der Waals surface area contributed by atoms with Crippen molar-refractivity contribution in [3.05, 3.63) is 54.1 Å². The van der Waals surface area contributed by atoms with Gasteiger partial charge in [0.05, 0.1) is 5.56 Å². The largest absolute Gasteiger partial charge is 0.483 e. The summed E-state index contributed by atoms with van der Waals surface area (Å²) in [5.41, 5.74) is 2.67. The van der Waals surface area contributed by atoms with E-state index in [4.69, 9.17) is 9.26 Å². The fraction of sp³-hybridized carbons (Fsp3) is 0.286. The molecule has 3 rings (SSSR count). The lowest BCUT2D eigenvalue weighted by Gasteiger charge is -2.19. The molecule has 0 saturated heterocycles. The number of ether oxygens (including phenoxy) is 1. The van der Waals surface area contributed by atoms with E-state index in [2.05, 4.69) is 10.1 Å². The van der Waals surface area contributed by atoms with Gasteiger partial charge in [0.25, 0.3) is 11.8 Å². The van der Waals surface area contributed by atoms with Crippen LogP contribution in [0.15, 0.2) is 53.1 Å². The van der Waals surface area contributed by atoms with Crippen LogP contribution in [0.4, 0.5) is 0 Å². The van der Waals surface area contributed by atoms with Gasteiger partial charge < -0.3 is 14.2 Å². The molecule has 0 atom stereocenters. The Morgan fingerprint density at radius 2 is 1.89 bits per heavy atom. The predicted octanol–water partition coefficient (Wildman–Crippen LogP) is 3.96. The monoisotopic (exact) mass is 365 g/mol. The van der Waals surface area contributed by atoms with E-state index in [0.29, 0.717) is 36.1 Å². The number of aromatic nitrogens is 2. The van der Waals surface area contributed by atoms with Crippen LogP contribution >= 0.6 is 0 Å². The molecule has 3 aromatic rings. The molecular weight excluding hydrogens is 342 g/mol. The lowest BCUT2D eigenvalue weighted by atomic mass is 10.1. The second-order valence-electron chi connectivity index (χ2n) is 6.14. The molecule has 2 aromatic carbocycles. The average Bonchev–Trinajstić information content (AvgIpc) is 3.17. The smallest absolute Gasteiger partial charge is 0.262 e. The summed E-state index contributed by atoms with van der Waals surface area (Å²) in [6.07, 6.45) is 0. The number of likely N-dealkylation sites (N-methyl/N-ethyl adjacent to an activating group) is 1. The molecule has 27 heavy (non-hydrogen) atoms. The molecule has 1 aromatic heterocycles. The standard InChI is InChI=1S/C21H23N3O3/c1-4-24(5-2)19(25)14-26-18-12-7-6-11-17(18)21-22-20(23-27-21)16-10-8-9-15(3)13-16/h6-13H,4-5,14H2,1-3H3. The number of amides is 1. The zero-order valence-corrected chi connectivity index (χ0v) is 15.8. The van der Waals surface area contributed by atoms with Crippen molar-refractivity contribution in [3.8, 4) is 28.6 Å². The number of carbonyl (C=O) groups excluding carboxylic acids is 1. The Bertz CT molecular complexity index is 916. The van der Waals surface area contributed by atoms with E-state index in [1.807, 2.05) is 63.2 Å². The molecule has 1 heterocycles. The predicted molar refractivity (Wildman–Crippen MR) is 103 cm³/mol. The van der Waals surface area contributed by atoms with E-state index in [-0.39, 0.29) is 12.5 Å². The molecule has 0 fully saturated rings. The number of carbonyl (C=O) groups is 1. The maximum absolute atomic E-state index is 12.2. The minimum atomic E-state index is -0.0548. The summed E-state index contributed by atoms with van der Waals surface area (Å²) in [6.45, 7) is 7.19. The first-order chi connectivity index (χ1) is 13.1. The highest BCUT2D eigenvalue weighted by Gasteiger charge is 2.17. The van der Waals surface area contributed by atoms with E-state index in [1.54, 1.807) is 11.0 Å². The van der Waals surface area contributed by atoms with E-state index >= 15 is 0 Å².